The first-order chi connectivity index (χ1) is 13.3. The largest absolute Gasteiger partial charge is 0.326 e. The second-order valence-corrected chi connectivity index (χ2v) is 8.49. The summed E-state index contributed by atoms with van der Waals surface area (Å²) in [6.07, 6.45) is 0. The molecule has 152 valence electrons. The average Bonchev–Trinajstić information content (AvgIpc) is 2.66. The van der Waals surface area contributed by atoms with Gasteiger partial charge in [0.25, 0.3) is 0 Å². The fraction of sp³-hybridized carbons (Fsp3) is 0.350. The molecule has 0 aliphatic heterocycles. The number of amides is 1. The van der Waals surface area contributed by atoms with Crippen LogP contribution in [0.15, 0.2) is 53.4 Å². The SMILES string of the molecule is CCN(CC)C(CNS(=O)(=O)c1ccc(NC(C)=O)cc1)c1ccccc1Cl. The number of nitrogens with zero attached hydrogens (tertiary/aromatic N) is 1. The number of hydrogen-bond donors (Lipinski definition) is 2. The van der Waals surface area contributed by atoms with Gasteiger partial charge in [0, 0.05) is 30.2 Å². The molecule has 1 atom stereocenters. The van der Waals surface area contributed by atoms with E-state index >= 15 is 0 Å². The lowest BCUT2D eigenvalue weighted by Crippen LogP contribution is -2.38. The number of likely N-dealkylation sites (N-methyl/N-ethyl adjacent to an activating group) is 1. The van der Waals surface area contributed by atoms with E-state index in [1.165, 1.54) is 19.1 Å². The molecule has 0 fully saturated rings. The summed E-state index contributed by atoms with van der Waals surface area (Å²) in [7, 11) is -3.70. The zero-order chi connectivity index (χ0) is 20.7. The van der Waals surface area contributed by atoms with Gasteiger partial charge < -0.3 is 5.32 Å². The number of rotatable bonds is 9. The minimum atomic E-state index is -3.70. The topological polar surface area (TPSA) is 78.5 Å². The Bertz CT molecular complexity index is 897. The van der Waals surface area contributed by atoms with Crippen molar-refractivity contribution in [2.75, 3.05) is 25.0 Å². The third-order valence-corrected chi connectivity index (χ3v) is 6.25. The lowest BCUT2D eigenvalue weighted by Gasteiger charge is -2.30. The first-order valence-corrected chi connectivity index (χ1v) is 11.0. The fourth-order valence-electron chi connectivity index (χ4n) is 3.04. The summed E-state index contributed by atoms with van der Waals surface area (Å²) in [5, 5.41) is 3.23. The van der Waals surface area contributed by atoms with E-state index in [0.717, 1.165) is 18.7 Å². The molecule has 2 aromatic rings. The van der Waals surface area contributed by atoms with Crippen LogP contribution in [0.25, 0.3) is 0 Å². The lowest BCUT2D eigenvalue weighted by atomic mass is 10.1. The normalized spacial score (nSPS) is 12.8. The van der Waals surface area contributed by atoms with Gasteiger partial charge in [0.2, 0.25) is 15.9 Å². The lowest BCUT2D eigenvalue weighted by molar-refractivity contribution is -0.114. The van der Waals surface area contributed by atoms with Crippen molar-refractivity contribution >= 4 is 33.2 Å². The Kier molecular flexibility index (Phi) is 8.00. The van der Waals surface area contributed by atoms with E-state index in [2.05, 4.69) is 14.9 Å². The molecule has 0 aliphatic carbocycles. The van der Waals surface area contributed by atoms with Gasteiger partial charge in [-0.25, -0.2) is 13.1 Å². The van der Waals surface area contributed by atoms with Crippen molar-refractivity contribution in [3.8, 4) is 0 Å². The van der Waals surface area contributed by atoms with Gasteiger partial charge >= 0.3 is 0 Å². The van der Waals surface area contributed by atoms with Crippen LogP contribution in [-0.2, 0) is 14.8 Å². The molecule has 28 heavy (non-hydrogen) atoms. The van der Waals surface area contributed by atoms with Gasteiger partial charge in [-0.15, -0.1) is 0 Å². The molecule has 2 aromatic carbocycles. The van der Waals surface area contributed by atoms with Crippen LogP contribution in [0, 0.1) is 0 Å². The van der Waals surface area contributed by atoms with Crippen LogP contribution in [0.3, 0.4) is 0 Å². The van der Waals surface area contributed by atoms with Gasteiger partial charge in [-0.2, -0.15) is 0 Å². The minimum absolute atomic E-state index is 0.138. The van der Waals surface area contributed by atoms with Crippen molar-refractivity contribution < 1.29 is 13.2 Å². The minimum Gasteiger partial charge on any atom is -0.326 e. The predicted octanol–water partition coefficient (Wildman–Crippen LogP) is 3.66. The molecule has 0 aliphatic rings. The smallest absolute Gasteiger partial charge is 0.240 e. The highest BCUT2D eigenvalue weighted by Gasteiger charge is 2.23. The van der Waals surface area contributed by atoms with E-state index < -0.39 is 10.0 Å². The van der Waals surface area contributed by atoms with Crippen LogP contribution in [0.4, 0.5) is 5.69 Å². The molecule has 1 unspecified atom stereocenters. The maximum absolute atomic E-state index is 12.7. The molecule has 0 bridgehead atoms. The molecule has 0 aromatic heterocycles. The summed E-state index contributed by atoms with van der Waals surface area (Å²) in [5.74, 6) is -0.212. The van der Waals surface area contributed by atoms with Crippen molar-refractivity contribution in [3.05, 3.63) is 59.1 Å². The Balaban J connectivity index is 2.21. The molecule has 0 saturated carbocycles. The summed E-state index contributed by atoms with van der Waals surface area (Å²) in [6, 6.07) is 13.4. The molecule has 2 rings (SSSR count). The number of anilines is 1. The monoisotopic (exact) mass is 423 g/mol. The quantitative estimate of drug-likeness (QED) is 0.645. The van der Waals surface area contributed by atoms with Gasteiger partial charge in [0.05, 0.1) is 4.90 Å². The number of hydrogen-bond acceptors (Lipinski definition) is 4. The summed E-state index contributed by atoms with van der Waals surface area (Å²) < 4.78 is 28.2. The summed E-state index contributed by atoms with van der Waals surface area (Å²) in [6.45, 7) is 7.18. The maximum Gasteiger partial charge on any atom is 0.240 e. The van der Waals surface area contributed by atoms with E-state index in [9.17, 15) is 13.2 Å². The second kappa shape index (κ2) is 10.0. The van der Waals surface area contributed by atoms with E-state index in [1.54, 1.807) is 12.1 Å². The van der Waals surface area contributed by atoms with Gasteiger partial charge in [-0.05, 0) is 49.0 Å². The first-order valence-electron chi connectivity index (χ1n) is 9.14. The van der Waals surface area contributed by atoms with Crippen LogP contribution in [0.1, 0.15) is 32.4 Å². The van der Waals surface area contributed by atoms with E-state index in [0.29, 0.717) is 10.7 Å². The Morgan fingerprint density at radius 3 is 2.21 bits per heavy atom. The van der Waals surface area contributed by atoms with Crippen LogP contribution >= 0.6 is 11.6 Å². The molecule has 0 saturated heterocycles. The van der Waals surface area contributed by atoms with Gasteiger partial charge in [0.1, 0.15) is 0 Å². The van der Waals surface area contributed by atoms with Gasteiger partial charge in [-0.3, -0.25) is 9.69 Å². The Labute approximate surface area is 171 Å². The number of carbonyl (C=O) groups excluding carboxylic acids is 1. The molecule has 6 nitrogen and oxygen atoms in total. The fourth-order valence-corrected chi connectivity index (χ4v) is 4.34. The molecular weight excluding hydrogens is 398 g/mol. The van der Waals surface area contributed by atoms with E-state index in [-0.39, 0.29) is 23.4 Å². The van der Waals surface area contributed by atoms with Crippen molar-refractivity contribution in [2.24, 2.45) is 0 Å². The molecule has 2 N–H and O–H groups in total. The highest BCUT2D eigenvalue weighted by molar-refractivity contribution is 7.89. The highest BCUT2D eigenvalue weighted by Crippen LogP contribution is 2.27. The van der Waals surface area contributed by atoms with Crippen molar-refractivity contribution in [3.63, 3.8) is 0 Å². The standard InChI is InChI=1S/C20H26ClN3O3S/c1-4-24(5-2)20(18-8-6-7-9-19(18)21)14-22-28(26,27)17-12-10-16(11-13-17)23-15(3)25/h6-13,20,22H,4-5,14H2,1-3H3,(H,23,25). The van der Waals surface area contributed by atoms with Gasteiger partial charge in [0.15, 0.2) is 0 Å². The van der Waals surface area contributed by atoms with Crippen molar-refractivity contribution in [1.82, 2.24) is 9.62 Å². The number of halogens is 1. The van der Waals surface area contributed by atoms with Crippen LogP contribution in [-0.4, -0.2) is 38.9 Å². The van der Waals surface area contributed by atoms with Crippen LogP contribution in [0.5, 0.6) is 0 Å². The summed E-state index contributed by atoms with van der Waals surface area (Å²) in [4.78, 5) is 13.4. The number of nitrogens with one attached hydrogen (secondary N) is 2. The number of carbonyl (C=O) groups is 1. The van der Waals surface area contributed by atoms with E-state index in [1.807, 2.05) is 38.1 Å². The first kappa shape index (κ1) is 22.4. The Morgan fingerprint density at radius 1 is 1.07 bits per heavy atom. The predicted molar refractivity (Wildman–Crippen MR) is 113 cm³/mol. The van der Waals surface area contributed by atoms with Crippen LogP contribution < -0.4 is 10.0 Å². The molecule has 1 amide bonds. The molecular formula is C20H26ClN3O3S. The summed E-state index contributed by atoms with van der Waals surface area (Å²) >= 11 is 6.36. The zero-order valence-corrected chi connectivity index (χ0v) is 17.8. The van der Waals surface area contributed by atoms with Crippen LogP contribution in [0.2, 0.25) is 5.02 Å². The third kappa shape index (κ3) is 5.78. The van der Waals surface area contributed by atoms with E-state index in [4.69, 9.17) is 11.6 Å². The molecule has 0 radical (unpaired) electrons. The Hall–Kier alpha value is -1.93. The maximum atomic E-state index is 12.7. The average molecular weight is 424 g/mol. The molecule has 0 heterocycles. The highest BCUT2D eigenvalue weighted by atomic mass is 35.5. The summed E-state index contributed by atoms with van der Waals surface area (Å²) in [5.41, 5.74) is 1.43. The molecule has 0 spiro atoms. The van der Waals surface area contributed by atoms with Gasteiger partial charge in [-0.1, -0.05) is 43.6 Å². The van der Waals surface area contributed by atoms with Crippen molar-refractivity contribution in [1.29, 1.82) is 0 Å². The number of benzene rings is 2. The molecule has 8 heteroatoms. The zero-order valence-electron chi connectivity index (χ0n) is 16.3. The Morgan fingerprint density at radius 2 is 1.68 bits per heavy atom. The second-order valence-electron chi connectivity index (χ2n) is 6.32. The third-order valence-electron chi connectivity index (χ3n) is 4.47. The van der Waals surface area contributed by atoms with Crippen molar-refractivity contribution in [2.45, 2.75) is 31.7 Å². The number of sulfonamides is 1.